The number of amides is 1. The van der Waals surface area contributed by atoms with E-state index in [9.17, 15) is 4.79 Å². The lowest BCUT2D eigenvalue weighted by molar-refractivity contribution is -0.119. The first-order valence-corrected chi connectivity index (χ1v) is 6.93. The lowest BCUT2D eigenvalue weighted by Gasteiger charge is -2.14. The summed E-state index contributed by atoms with van der Waals surface area (Å²) < 4.78 is 9.48. The number of rotatable bonds is 1. The lowest BCUT2D eigenvalue weighted by Crippen LogP contribution is -2.26. The van der Waals surface area contributed by atoms with E-state index in [0.29, 0.717) is 17.2 Å². The third-order valence-electron chi connectivity index (χ3n) is 3.60. The fourth-order valence-corrected chi connectivity index (χ4v) is 2.79. The van der Waals surface area contributed by atoms with Crippen LogP contribution in [0.4, 0.5) is 5.69 Å². The number of nitrogens with zero attached hydrogens (tertiary/aromatic N) is 3. The maximum Gasteiger partial charge on any atom is 0.249 e. The molecule has 3 heterocycles. The third kappa shape index (κ3) is 1.44. The van der Waals surface area contributed by atoms with Crippen LogP contribution < -0.4 is 5.32 Å². The van der Waals surface area contributed by atoms with E-state index in [2.05, 4.69) is 19.9 Å². The summed E-state index contributed by atoms with van der Waals surface area (Å²) in [5.74, 6) is 0.436. The molecule has 20 heavy (non-hydrogen) atoms. The largest absolute Gasteiger partial charge is 0.435 e. The highest BCUT2D eigenvalue weighted by atomic mass is 32.1. The topological polar surface area (TPSA) is 80.9 Å². The SMILES string of the molecule is CC1(C)C(=O)Nc2cc3oc(-c4csnn4)nc3cc21. The van der Waals surface area contributed by atoms with Crippen molar-refractivity contribution in [2.45, 2.75) is 19.3 Å². The zero-order chi connectivity index (χ0) is 13.9. The number of hydrogen-bond donors (Lipinski definition) is 1. The third-order valence-corrected chi connectivity index (χ3v) is 4.10. The fraction of sp³-hybridized carbons (Fsp3) is 0.231. The van der Waals surface area contributed by atoms with Gasteiger partial charge in [-0.15, -0.1) is 5.10 Å². The Bertz CT molecular complexity index is 836. The van der Waals surface area contributed by atoms with Crippen LogP contribution in [0, 0.1) is 0 Å². The van der Waals surface area contributed by atoms with Crippen molar-refractivity contribution in [1.82, 2.24) is 14.6 Å². The predicted octanol–water partition coefficient (Wildman–Crippen LogP) is 2.58. The summed E-state index contributed by atoms with van der Waals surface area (Å²) in [5.41, 5.74) is 3.14. The lowest BCUT2D eigenvalue weighted by atomic mass is 9.86. The van der Waals surface area contributed by atoms with Crippen molar-refractivity contribution in [1.29, 1.82) is 0 Å². The monoisotopic (exact) mass is 286 g/mol. The number of carbonyl (C=O) groups excluding carboxylic acids is 1. The van der Waals surface area contributed by atoms with Crippen molar-refractivity contribution in [3.8, 4) is 11.6 Å². The van der Waals surface area contributed by atoms with Crippen LogP contribution in [0.15, 0.2) is 21.9 Å². The van der Waals surface area contributed by atoms with Crippen LogP contribution in [-0.2, 0) is 10.2 Å². The molecule has 7 heteroatoms. The number of benzene rings is 1. The van der Waals surface area contributed by atoms with Crippen molar-refractivity contribution in [3.05, 3.63) is 23.1 Å². The van der Waals surface area contributed by atoms with Crippen molar-refractivity contribution in [2.75, 3.05) is 5.32 Å². The van der Waals surface area contributed by atoms with Crippen LogP contribution in [0.1, 0.15) is 19.4 Å². The predicted molar refractivity (Wildman–Crippen MR) is 74.6 cm³/mol. The van der Waals surface area contributed by atoms with E-state index in [1.54, 1.807) is 5.38 Å². The molecule has 1 N–H and O–H groups in total. The van der Waals surface area contributed by atoms with Crippen molar-refractivity contribution >= 4 is 34.2 Å². The second-order valence-corrected chi connectivity index (χ2v) is 5.86. The zero-order valence-electron chi connectivity index (χ0n) is 10.8. The first kappa shape index (κ1) is 11.5. The molecule has 0 spiro atoms. The van der Waals surface area contributed by atoms with Crippen molar-refractivity contribution < 1.29 is 9.21 Å². The molecule has 0 saturated carbocycles. The highest BCUT2D eigenvalue weighted by Crippen LogP contribution is 2.40. The highest BCUT2D eigenvalue weighted by molar-refractivity contribution is 7.03. The van der Waals surface area contributed by atoms with Crippen molar-refractivity contribution in [2.24, 2.45) is 0 Å². The molecule has 0 radical (unpaired) electrons. The Kier molecular flexibility index (Phi) is 2.10. The van der Waals surface area contributed by atoms with Crippen LogP contribution in [0.3, 0.4) is 0 Å². The molecule has 6 nitrogen and oxygen atoms in total. The smallest absolute Gasteiger partial charge is 0.249 e. The van der Waals surface area contributed by atoms with E-state index in [4.69, 9.17) is 4.42 Å². The van der Waals surface area contributed by atoms with Crippen LogP contribution in [0.5, 0.6) is 0 Å². The standard InChI is InChI=1S/C13H10N4O2S/c1-13(2)6-3-8-10(4-7(6)15-12(13)18)19-11(14-8)9-5-20-17-16-9/h3-5H,1-2H3,(H,15,18). The highest BCUT2D eigenvalue weighted by Gasteiger charge is 2.39. The average Bonchev–Trinajstić information content (AvgIpc) is 3.08. The molecule has 100 valence electrons. The summed E-state index contributed by atoms with van der Waals surface area (Å²) in [5, 5.41) is 8.60. The molecule has 0 saturated heterocycles. The Morgan fingerprint density at radius 3 is 2.95 bits per heavy atom. The minimum absolute atomic E-state index is 0.0101. The van der Waals surface area contributed by atoms with Gasteiger partial charge in [0.1, 0.15) is 5.52 Å². The van der Waals surface area contributed by atoms with Gasteiger partial charge in [-0.25, -0.2) is 4.98 Å². The van der Waals surface area contributed by atoms with Gasteiger partial charge in [0, 0.05) is 17.1 Å². The number of carbonyl (C=O) groups is 1. The number of hydrogen-bond acceptors (Lipinski definition) is 6. The Morgan fingerprint density at radius 2 is 2.20 bits per heavy atom. The number of nitrogens with one attached hydrogen (secondary N) is 1. The maximum absolute atomic E-state index is 11.9. The van der Waals surface area contributed by atoms with Crippen molar-refractivity contribution in [3.63, 3.8) is 0 Å². The molecule has 0 fully saturated rings. The summed E-state index contributed by atoms with van der Waals surface area (Å²) in [4.78, 5) is 16.3. The fourth-order valence-electron chi connectivity index (χ4n) is 2.36. The van der Waals surface area contributed by atoms with E-state index in [-0.39, 0.29) is 5.91 Å². The molecule has 2 aromatic heterocycles. The molecule has 1 aliphatic rings. The number of aromatic nitrogens is 3. The molecule has 1 aliphatic heterocycles. The molecular formula is C13H10N4O2S. The first-order chi connectivity index (χ1) is 9.55. The van der Waals surface area contributed by atoms with Crippen LogP contribution >= 0.6 is 11.5 Å². The van der Waals surface area contributed by atoms with Gasteiger partial charge in [0.15, 0.2) is 11.3 Å². The molecule has 0 bridgehead atoms. The Balaban J connectivity index is 1.93. The molecule has 0 atom stereocenters. The van der Waals surface area contributed by atoms with Gasteiger partial charge in [-0.05, 0) is 37.0 Å². The molecular weight excluding hydrogens is 276 g/mol. The second kappa shape index (κ2) is 3.63. The van der Waals surface area contributed by atoms with Gasteiger partial charge in [0.05, 0.1) is 5.41 Å². The van der Waals surface area contributed by atoms with Gasteiger partial charge >= 0.3 is 0 Å². The van der Waals surface area contributed by atoms with Crippen LogP contribution in [0.25, 0.3) is 22.7 Å². The zero-order valence-corrected chi connectivity index (χ0v) is 11.6. The normalized spacial score (nSPS) is 16.4. The molecule has 0 unspecified atom stereocenters. The van der Waals surface area contributed by atoms with Crippen LogP contribution in [-0.4, -0.2) is 20.5 Å². The summed E-state index contributed by atoms with van der Waals surface area (Å²) in [6, 6.07) is 3.71. The molecule has 4 rings (SSSR count). The average molecular weight is 286 g/mol. The van der Waals surface area contributed by atoms with Gasteiger partial charge in [-0.2, -0.15) is 0 Å². The van der Waals surface area contributed by atoms with E-state index in [1.165, 1.54) is 11.5 Å². The molecule has 0 aliphatic carbocycles. The summed E-state index contributed by atoms with van der Waals surface area (Å²) in [6.45, 7) is 3.79. The van der Waals surface area contributed by atoms with Gasteiger partial charge in [0.2, 0.25) is 11.8 Å². The number of fused-ring (bicyclic) bond motifs is 2. The Morgan fingerprint density at radius 1 is 1.35 bits per heavy atom. The van der Waals surface area contributed by atoms with Gasteiger partial charge in [0.25, 0.3) is 0 Å². The van der Waals surface area contributed by atoms with E-state index < -0.39 is 5.41 Å². The Labute approximate surface area is 118 Å². The van der Waals surface area contributed by atoms with Gasteiger partial charge in [-0.1, -0.05) is 4.49 Å². The number of oxazole rings is 1. The second-order valence-electron chi connectivity index (χ2n) is 5.25. The minimum atomic E-state index is -0.551. The summed E-state index contributed by atoms with van der Waals surface area (Å²) in [7, 11) is 0. The molecule has 1 amide bonds. The quantitative estimate of drug-likeness (QED) is 0.743. The van der Waals surface area contributed by atoms with E-state index >= 15 is 0 Å². The summed E-state index contributed by atoms with van der Waals surface area (Å²) in [6.07, 6.45) is 0. The molecule has 1 aromatic carbocycles. The van der Waals surface area contributed by atoms with Gasteiger partial charge in [-0.3, -0.25) is 4.79 Å². The Hall–Kier alpha value is -2.28. The first-order valence-electron chi connectivity index (χ1n) is 6.09. The summed E-state index contributed by atoms with van der Waals surface area (Å²) >= 11 is 1.25. The number of anilines is 1. The maximum atomic E-state index is 11.9. The minimum Gasteiger partial charge on any atom is -0.435 e. The molecule has 3 aromatic rings. The van der Waals surface area contributed by atoms with E-state index in [1.807, 2.05) is 26.0 Å². The van der Waals surface area contributed by atoms with E-state index in [0.717, 1.165) is 16.8 Å². The van der Waals surface area contributed by atoms with Gasteiger partial charge < -0.3 is 9.73 Å². The van der Waals surface area contributed by atoms with Crippen LogP contribution in [0.2, 0.25) is 0 Å².